The molecule has 2 aliphatic rings. The SMILES string of the molecule is CN=C(NCCNc1ccc2ccccc2n1)N1CCC(N2CCOCC2)C1. The van der Waals surface area contributed by atoms with Crippen molar-refractivity contribution < 1.29 is 4.74 Å². The molecule has 0 aliphatic carbocycles. The monoisotopic (exact) mass is 382 g/mol. The molecule has 0 radical (unpaired) electrons. The topological polar surface area (TPSA) is 65.0 Å². The number of nitrogens with one attached hydrogen (secondary N) is 2. The molecule has 2 aliphatic heterocycles. The maximum absolute atomic E-state index is 5.48. The molecule has 1 unspecified atom stereocenters. The third-order valence-electron chi connectivity index (χ3n) is 5.55. The highest BCUT2D eigenvalue weighted by Gasteiger charge is 2.30. The molecule has 2 aromatic rings. The van der Waals surface area contributed by atoms with E-state index in [1.54, 1.807) is 0 Å². The number of pyridine rings is 1. The third-order valence-corrected chi connectivity index (χ3v) is 5.55. The fourth-order valence-corrected chi connectivity index (χ4v) is 4.04. The first kappa shape index (κ1) is 19.0. The van der Waals surface area contributed by atoms with E-state index in [2.05, 4.69) is 42.5 Å². The maximum Gasteiger partial charge on any atom is 0.193 e. The second-order valence-electron chi connectivity index (χ2n) is 7.33. The Morgan fingerprint density at radius 3 is 2.86 bits per heavy atom. The van der Waals surface area contributed by atoms with Gasteiger partial charge in [-0.3, -0.25) is 9.89 Å². The zero-order chi connectivity index (χ0) is 19.2. The first-order valence-electron chi connectivity index (χ1n) is 10.2. The molecule has 7 nitrogen and oxygen atoms in total. The van der Waals surface area contributed by atoms with Gasteiger partial charge in [-0.25, -0.2) is 4.98 Å². The smallest absolute Gasteiger partial charge is 0.193 e. The number of likely N-dealkylation sites (tertiary alicyclic amines) is 1. The van der Waals surface area contributed by atoms with Gasteiger partial charge in [-0.1, -0.05) is 18.2 Å². The number of anilines is 1. The van der Waals surface area contributed by atoms with Gasteiger partial charge in [0.2, 0.25) is 0 Å². The largest absolute Gasteiger partial charge is 0.379 e. The quantitative estimate of drug-likeness (QED) is 0.466. The molecule has 2 fully saturated rings. The summed E-state index contributed by atoms with van der Waals surface area (Å²) in [6, 6.07) is 12.9. The van der Waals surface area contributed by atoms with Crippen molar-refractivity contribution in [2.45, 2.75) is 12.5 Å². The van der Waals surface area contributed by atoms with Crippen molar-refractivity contribution in [1.29, 1.82) is 0 Å². The number of para-hydroxylation sites is 1. The molecule has 1 atom stereocenters. The van der Waals surface area contributed by atoms with Crippen molar-refractivity contribution in [2.75, 3.05) is 64.8 Å². The molecular formula is C21H30N6O. The second-order valence-corrected chi connectivity index (χ2v) is 7.33. The highest BCUT2D eigenvalue weighted by atomic mass is 16.5. The summed E-state index contributed by atoms with van der Waals surface area (Å²) in [5.41, 5.74) is 1.02. The summed E-state index contributed by atoms with van der Waals surface area (Å²) in [4.78, 5) is 14.1. The number of aliphatic imine (C=N–C) groups is 1. The number of hydrogen-bond donors (Lipinski definition) is 2. The van der Waals surface area contributed by atoms with Crippen molar-refractivity contribution in [3.63, 3.8) is 0 Å². The summed E-state index contributed by atoms with van der Waals surface area (Å²) < 4.78 is 5.48. The van der Waals surface area contributed by atoms with E-state index in [1.165, 1.54) is 6.42 Å². The summed E-state index contributed by atoms with van der Waals surface area (Å²) in [6.45, 7) is 7.52. The minimum atomic E-state index is 0.613. The van der Waals surface area contributed by atoms with Gasteiger partial charge in [0.15, 0.2) is 5.96 Å². The average molecular weight is 383 g/mol. The van der Waals surface area contributed by atoms with Gasteiger partial charge in [-0.15, -0.1) is 0 Å². The molecule has 4 rings (SSSR count). The molecule has 0 amide bonds. The van der Waals surface area contributed by atoms with Crippen LogP contribution in [0.3, 0.4) is 0 Å². The summed E-state index contributed by atoms with van der Waals surface area (Å²) in [6.07, 6.45) is 1.19. The number of ether oxygens (including phenoxy) is 1. The first-order chi connectivity index (χ1) is 13.8. The van der Waals surface area contributed by atoms with Crippen LogP contribution in [0, 0.1) is 0 Å². The number of rotatable bonds is 5. The van der Waals surface area contributed by atoms with Gasteiger partial charge in [0.05, 0.1) is 18.7 Å². The molecule has 2 N–H and O–H groups in total. The Kier molecular flexibility index (Phi) is 6.24. The Balaban J connectivity index is 1.23. The summed E-state index contributed by atoms with van der Waals surface area (Å²) in [5.74, 6) is 1.90. The van der Waals surface area contributed by atoms with E-state index in [0.29, 0.717) is 6.04 Å². The fourth-order valence-electron chi connectivity index (χ4n) is 4.04. The minimum Gasteiger partial charge on any atom is -0.379 e. The average Bonchev–Trinajstić information content (AvgIpc) is 3.24. The van der Waals surface area contributed by atoms with E-state index in [9.17, 15) is 0 Å². The fraction of sp³-hybridized carbons (Fsp3) is 0.524. The van der Waals surface area contributed by atoms with Gasteiger partial charge in [-0.05, 0) is 24.6 Å². The van der Waals surface area contributed by atoms with Crippen LogP contribution in [0.2, 0.25) is 0 Å². The maximum atomic E-state index is 5.48. The predicted octanol–water partition coefficient (Wildman–Crippen LogP) is 1.63. The lowest BCUT2D eigenvalue weighted by Gasteiger charge is -2.32. The highest BCUT2D eigenvalue weighted by Crippen LogP contribution is 2.17. The lowest BCUT2D eigenvalue weighted by Crippen LogP contribution is -2.47. The van der Waals surface area contributed by atoms with Crippen LogP contribution >= 0.6 is 0 Å². The molecule has 0 bridgehead atoms. The highest BCUT2D eigenvalue weighted by molar-refractivity contribution is 5.81. The lowest BCUT2D eigenvalue weighted by atomic mass is 10.2. The lowest BCUT2D eigenvalue weighted by molar-refractivity contribution is 0.0195. The summed E-state index contributed by atoms with van der Waals surface area (Å²) in [7, 11) is 1.86. The van der Waals surface area contributed by atoms with Gasteiger partial charge < -0.3 is 20.3 Å². The zero-order valence-electron chi connectivity index (χ0n) is 16.6. The Hall–Kier alpha value is -2.38. The molecule has 0 spiro atoms. The van der Waals surface area contributed by atoms with Gasteiger partial charge >= 0.3 is 0 Å². The van der Waals surface area contributed by atoms with E-state index in [-0.39, 0.29) is 0 Å². The molecule has 3 heterocycles. The molecular weight excluding hydrogens is 352 g/mol. The normalized spacial score (nSPS) is 21.2. The molecule has 1 aromatic heterocycles. The molecule has 28 heavy (non-hydrogen) atoms. The zero-order valence-corrected chi connectivity index (χ0v) is 16.6. The van der Waals surface area contributed by atoms with Crippen molar-refractivity contribution in [1.82, 2.24) is 20.1 Å². The van der Waals surface area contributed by atoms with Gasteiger partial charge in [0.1, 0.15) is 5.82 Å². The van der Waals surface area contributed by atoms with Crippen LogP contribution in [0.4, 0.5) is 5.82 Å². The molecule has 1 aromatic carbocycles. The van der Waals surface area contributed by atoms with Crippen LogP contribution in [0.5, 0.6) is 0 Å². The van der Waals surface area contributed by atoms with E-state index in [0.717, 1.165) is 75.2 Å². The number of hydrogen-bond acceptors (Lipinski definition) is 5. The van der Waals surface area contributed by atoms with Gasteiger partial charge in [0.25, 0.3) is 0 Å². The van der Waals surface area contributed by atoms with E-state index in [4.69, 9.17) is 4.74 Å². The van der Waals surface area contributed by atoms with Gasteiger partial charge in [0, 0.05) is 57.7 Å². The third kappa shape index (κ3) is 4.54. The number of aromatic nitrogens is 1. The number of fused-ring (bicyclic) bond motifs is 1. The Morgan fingerprint density at radius 1 is 1.14 bits per heavy atom. The van der Waals surface area contributed by atoms with Crippen LogP contribution in [0.1, 0.15) is 6.42 Å². The van der Waals surface area contributed by atoms with Gasteiger partial charge in [-0.2, -0.15) is 0 Å². The molecule has 2 saturated heterocycles. The van der Waals surface area contributed by atoms with Crippen molar-refractivity contribution >= 4 is 22.7 Å². The number of morpholine rings is 1. The molecule has 0 saturated carbocycles. The van der Waals surface area contributed by atoms with Crippen molar-refractivity contribution in [3.8, 4) is 0 Å². The number of nitrogens with zero attached hydrogens (tertiary/aromatic N) is 4. The Morgan fingerprint density at radius 2 is 2.00 bits per heavy atom. The van der Waals surface area contributed by atoms with Crippen molar-refractivity contribution in [2.24, 2.45) is 4.99 Å². The van der Waals surface area contributed by atoms with Crippen LogP contribution < -0.4 is 10.6 Å². The number of benzene rings is 1. The number of guanidine groups is 1. The van der Waals surface area contributed by atoms with Crippen LogP contribution in [-0.2, 0) is 4.74 Å². The summed E-state index contributed by atoms with van der Waals surface area (Å²) >= 11 is 0. The Bertz CT molecular complexity index is 804. The van der Waals surface area contributed by atoms with E-state index < -0.39 is 0 Å². The van der Waals surface area contributed by atoms with Crippen LogP contribution in [0.15, 0.2) is 41.4 Å². The van der Waals surface area contributed by atoms with E-state index >= 15 is 0 Å². The summed E-state index contributed by atoms with van der Waals surface area (Å²) in [5, 5.41) is 8.05. The first-order valence-corrected chi connectivity index (χ1v) is 10.2. The van der Waals surface area contributed by atoms with Crippen LogP contribution in [-0.4, -0.2) is 86.3 Å². The second kappa shape index (κ2) is 9.21. The predicted molar refractivity (Wildman–Crippen MR) is 114 cm³/mol. The molecule has 7 heteroatoms. The Labute approximate surface area is 166 Å². The molecule has 150 valence electrons. The standard InChI is InChI=1S/C21H30N6O/c1-22-21(27-11-8-18(16-27)26-12-14-28-15-13-26)24-10-9-23-20-7-6-17-4-2-3-5-19(17)25-20/h2-7,18H,8-16H2,1H3,(H,22,24)(H,23,25). The van der Waals surface area contributed by atoms with Crippen molar-refractivity contribution in [3.05, 3.63) is 36.4 Å². The minimum absolute atomic E-state index is 0.613. The van der Waals surface area contributed by atoms with Crippen LogP contribution in [0.25, 0.3) is 10.9 Å². The van der Waals surface area contributed by atoms with E-state index in [1.807, 2.05) is 31.3 Å².